The van der Waals surface area contributed by atoms with Crippen LogP contribution in [0.4, 0.5) is 0 Å². The number of nitrogens with one attached hydrogen (secondary N) is 2. The summed E-state index contributed by atoms with van der Waals surface area (Å²) in [4.78, 5) is 10.1. The van der Waals surface area contributed by atoms with Crippen LogP contribution in [-0.4, -0.2) is 31.1 Å². The molecule has 2 rings (SSSR count). The lowest BCUT2D eigenvalue weighted by Crippen LogP contribution is -2.39. The van der Waals surface area contributed by atoms with Crippen LogP contribution in [-0.2, 0) is 12.8 Å². The predicted molar refractivity (Wildman–Crippen MR) is 115 cm³/mol. The van der Waals surface area contributed by atoms with Crippen LogP contribution >= 0.6 is 35.3 Å². The summed E-state index contributed by atoms with van der Waals surface area (Å²) >= 11 is 1.78. The van der Waals surface area contributed by atoms with Gasteiger partial charge in [-0.1, -0.05) is 24.3 Å². The zero-order valence-electron chi connectivity index (χ0n) is 14.8. The summed E-state index contributed by atoms with van der Waals surface area (Å²) in [6.07, 6.45) is 1.93. The Kier molecular flexibility index (Phi) is 9.28. The minimum atomic E-state index is 0. The summed E-state index contributed by atoms with van der Waals surface area (Å²) in [6, 6.07) is 8.50. The van der Waals surface area contributed by atoms with E-state index >= 15 is 0 Å². The van der Waals surface area contributed by atoms with Gasteiger partial charge in [-0.2, -0.15) is 0 Å². The van der Waals surface area contributed by atoms with Gasteiger partial charge in [0.25, 0.3) is 0 Å². The molecule has 0 aliphatic rings. The molecule has 0 aliphatic carbocycles. The summed E-state index contributed by atoms with van der Waals surface area (Å²) in [5.74, 6) is 0.851. The lowest BCUT2D eigenvalue weighted by Gasteiger charge is -2.12. The predicted octanol–water partition coefficient (Wildman–Crippen LogP) is 3.64. The second-order valence-electron chi connectivity index (χ2n) is 5.60. The van der Waals surface area contributed by atoms with Crippen LogP contribution in [0.1, 0.15) is 26.7 Å². The molecular weight excluding hydrogens is 431 g/mol. The Hall–Kier alpha value is -1.15. The molecule has 0 bridgehead atoms. The van der Waals surface area contributed by atoms with E-state index in [0.717, 1.165) is 37.6 Å². The highest BCUT2D eigenvalue weighted by Crippen LogP contribution is 2.16. The molecule has 0 amide bonds. The van der Waals surface area contributed by atoms with E-state index in [-0.39, 0.29) is 24.0 Å². The van der Waals surface area contributed by atoms with E-state index in [1.54, 1.807) is 18.4 Å². The number of aliphatic imine (C=N–C) groups is 1. The Morgan fingerprint density at radius 3 is 2.33 bits per heavy atom. The monoisotopic (exact) mass is 458 g/mol. The molecule has 132 valence electrons. The van der Waals surface area contributed by atoms with Gasteiger partial charge in [0.2, 0.25) is 0 Å². The number of aryl methyl sites for hydroxylation is 3. The van der Waals surface area contributed by atoms with Crippen molar-refractivity contribution in [3.05, 3.63) is 51.0 Å². The fourth-order valence-electron chi connectivity index (χ4n) is 2.36. The van der Waals surface area contributed by atoms with Gasteiger partial charge in [0, 0.05) is 31.4 Å². The maximum Gasteiger partial charge on any atom is 0.191 e. The van der Waals surface area contributed by atoms with E-state index in [0.29, 0.717) is 0 Å². The van der Waals surface area contributed by atoms with Crippen LogP contribution in [0.2, 0.25) is 0 Å². The minimum absolute atomic E-state index is 0. The van der Waals surface area contributed by atoms with Crippen molar-refractivity contribution in [2.24, 2.45) is 4.99 Å². The van der Waals surface area contributed by atoms with Crippen LogP contribution < -0.4 is 10.6 Å². The summed E-state index contributed by atoms with van der Waals surface area (Å²) in [6.45, 7) is 8.06. The number of aromatic nitrogens is 1. The summed E-state index contributed by atoms with van der Waals surface area (Å²) in [5.41, 5.74) is 3.86. The molecule has 0 aliphatic heterocycles. The van der Waals surface area contributed by atoms with Crippen LogP contribution in [0.15, 0.2) is 29.3 Å². The van der Waals surface area contributed by atoms with Gasteiger partial charge in [-0.05, 0) is 38.3 Å². The normalized spacial score (nSPS) is 11.1. The van der Waals surface area contributed by atoms with Crippen molar-refractivity contribution in [1.82, 2.24) is 15.6 Å². The number of rotatable bonds is 6. The van der Waals surface area contributed by atoms with E-state index < -0.39 is 0 Å². The van der Waals surface area contributed by atoms with E-state index in [2.05, 4.69) is 65.6 Å². The van der Waals surface area contributed by atoms with Gasteiger partial charge in [0.05, 0.1) is 10.7 Å². The fraction of sp³-hybridized carbons (Fsp3) is 0.444. The first kappa shape index (κ1) is 20.9. The van der Waals surface area contributed by atoms with E-state index in [4.69, 9.17) is 0 Å². The highest BCUT2D eigenvalue weighted by atomic mass is 127. The summed E-state index contributed by atoms with van der Waals surface area (Å²) in [5, 5.41) is 7.91. The average molecular weight is 458 g/mol. The largest absolute Gasteiger partial charge is 0.356 e. The molecule has 24 heavy (non-hydrogen) atoms. The fourth-order valence-corrected chi connectivity index (χ4v) is 3.29. The Morgan fingerprint density at radius 1 is 1.08 bits per heavy atom. The molecule has 0 fully saturated rings. The quantitative estimate of drug-likeness (QED) is 0.395. The molecule has 1 aromatic heterocycles. The van der Waals surface area contributed by atoms with Gasteiger partial charge in [0.15, 0.2) is 5.96 Å². The Morgan fingerprint density at radius 2 is 1.75 bits per heavy atom. The van der Waals surface area contributed by atoms with Gasteiger partial charge < -0.3 is 10.6 Å². The highest BCUT2D eigenvalue weighted by Gasteiger charge is 2.04. The Bertz CT molecular complexity index is 647. The van der Waals surface area contributed by atoms with Crippen molar-refractivity contribution in [1.29, 1.82) is 0 Å². The Labute approximate surface area is 166 Å². The molecule has 2 aromatic rings. The van der Waals surface area contributed by atoms with Crippen molar-refractivity contribution in [2.75, 3.05) is 20.1 Å². The molecule has 0 unspecified atom stereocenters. The SMILES string of the molecule is CN=C(NCCc1nc(C)c(C)s1)NCCc1ccccc1C.I. The molecule has 1 heterocycles. The third-order valence-electron chi connectivity index (χ3n) is 3.88. The zero-order chi connectivity index (χ0) is 16.7. The molecule has 0 saturated heterocycles. The van der Waals surface area contributed by atoms with Gasteiger partial charge in [-0.3, -0.25) is 4.99 Å². The molecule has 1 aromatic carbocycles. The second kappa shape index (κ2) is 10.7. The molecule has 2 N–H and O–H groups in total. The van der Waals surface area contributed by atoms with Gasteiger partial charge >= 0.3 is 0 Å². The van der Waals surface area contributed by atoms with Gasteiger partial charge in [-0.25, -0.2) is 4.98 Å². The zero-order valence-corrected chi connectivity index (χ0v) is 18.0. The van der Waals surface area contributed by atoms with Crippen molar-refractivity contribution in [3.63, 3.8) is 0 Å². The number of hydrogen-bond donors (Lipinski definition) is 2. The molecule has 0 atom stereocenters. The summed E-state index contributed by atoms with van der Waals surface area (Å²) in [7, 11) is 1.81. The number of guanidine groups is 1. The number of thiazole rings is 1. The first-order valence-electron chi connectivity index (χ1n) is 8.02. The highest BCUT2D eigenvalue weighted by molar-refractivity contribution is 14.0. The van der Waals surface area contributed by atoms with Crippen LogP contribution in [0, 0.1) is 20.8 Å². The molecule has 0 radical (unpaired) electrons. The number of halogens is 1. The molecule has 0 saturated carbocycles. The maximum absolute atomic E-state index is 4.56. The van der Waals surface area contributed by atoms with Crippen molar-refractivity contribution in [2.45, 2.75) is 33.6 Å². The van der Waals surface area contributed by atoms with Gasteiger partial charge in [-0.15, -0.1) is 35.3 Å². The topological polar surface area (TPSA) is 49.3 Å². The second-order valence-corrected chi connectivity index (χ2v) is 6.89. The van der Waals surface area contributed by atoms with E-state index in [1.165, 1.54) is 21.0 Å². The molecule has 0 spiro atoms. The van der Waals surface area contributed by atoms with Crippen LogP contribution in [0.5, 0.6) is 0 Å². The molecule has 6 heteroatoms. The third kappa shape index (κ3) is 6.39. The summed E-state index contributed by atoms with van der Waals surface area (Å²) < 4.78 is 0. The van der Waals surface area contributed by atoms with Crippen molar-refractivity contribution in [3.8, 4) is 0 Å². The first-order chi connectivity index (χ1) is 11.1. The number of benzene rings is 1. The maximum atomic E-state index is 4.56. The molecule has 4 nitrogen and oxygen atoms in total. The third-order valence-corrected chi connectivity index (χ3v) is 5.01. The van der Waals surface area contributed by atoms with Crippen molar-refractivity contribution < 1.29 is 0 Å². The van der Waals surface area contributed by atoms with Crippen LogP contribution in [0.3, 0.4) is 0 Å². The smallest absolute Gasteiger partial charge is 0.191 e. The Balaban J connectivity index is 0.00000288. The lowest BCUT2D eigenvalue weighted by molar-refractivity contribution is 0.780. The standard InChI is InChI=1S/C18H26N4S.HI/c1-13-7-5-6-8-16(13)9-11-20-18(19-4)21-12-10-17-22-14(2)15(3)23-17;/h5-8H,9-12H2,1-4H3,(H2,19,20,21);1H. The van der Waals surface area contributed by atoms with Gasteiger partial charge in [0.1, 0.15) is 0 Å². The van der Waals surface area contributed by atoms with Crippen molar-refractivity contribution >= 4 is 41.3 Å². The molecular formula is C18H27IN4S. The average Bonchev–Trinajstić information content (AvgIpc) is 2.86. The van der Waals surface area contributed by atoms with E-state index in [1.807, 2.05) is 0 Å². The number of nitrogens with zero attached hydrogens (tertiary/aromatic N) is 2. The first-order valence-corrected chi connectivity index (χ1v) is 8.83. The number of hydrogen-bond acceptors (Lipinski definition) is 3. The minimum Gasteiger partial charge on any atom is -0.356 e. The van der Waals surface area contributed by atoms with Crippen LogP contribution in [0.25, 0.3) is 0 Å². The lowest BCUT2D eigenvalue weighted by atomic mass is 10.1. The van der Waals surface area contributed by atoms with E-state index in [9.17, 15) is 0 Å².